The van der Waals surface area contributed by atoms with E-state index in [0.717, 1.165) is 6.42 Å². The Kier molecular flexibility index (Phi) is 5.16. The minimum Gasteiger partial charge on any atom is -0.465 e. The maximum Gasteiger partial charge on any atom is 0.338 e. The van der Waals surface area contributed by atoms with Gasteiger partial charge in [0.1, 0.15) is 0 Å². The second-order valence-electron chi connectivity index (χ2n) is 6.20. The van der Waals surface area contributed by atoms with Gasteiger partial charge < -0.3 is 14.8 Å². The van der Waals surface area contributed by atoms with E-state index < -0.39 is 17.8 Å². The van der Waals surface area contributed by atoms with E-state index >= 15 is 0 Å². The highest BCUT2D eigenvalue weighted by molar-refractivity contribution is 5.96. The summed E-state index contributed by atoms with van der Waals surface area (Å²) in [5.74, 6) is -1.69. The van der Waals surface area contributed by atoms with Gasteiger partial charge in [-0.3, -0.25) is 9.59 Å². The van der Waals surface area contributed by atoms with Crippen LogP contribution in [-0.4, -0.2) is 31.1 Å². The Bertz CT molecular complexity index is 694. The number of hydrogen-bond donors (Lipinski definition) is 1. The van der Waals surface area contributed by atoms with E-state index in [4.69, 9.17) is 9.47 Å². The normalized spacial score (nSPS) is 24.8. The minimum absolute atomic E-state index is 0.0666. The van der Waals surface area contributed by atoms with E-state index in [1.165, 1.54) is 0 Å². The number of esters is 2. The molecule has 0 unspecified atom stereocenters. The number of carbonyl (C=O) groups is 3. The van der Waals surface area contributed by atoms with E-state index in [2.05, 4.69) is 5.32 Å². The lowest BCUT2D eigenvalue weighted by Crippen LogP contribution is -2.43. The van der Waals surface area contributed by atoms with E-state index in [1.807, 2.05) is 12.2 Å². The standard InChI is InChI=1S/C19H21NO5/c1-2-24-18(22)13-6-8-14(9-7-13)20-17(21)15-5-3-4-12-10-11-25-19(23)16(12)15/h3-4,6-9,12,15-16H,2,5,10-11H2,1H3,(H,20,21)/t12-,15-,16+/m1/s1. The number of cyclic esters (lactones) is 1. The maximum absolute atomic E-state index is 12.6. The summed E-state index contributed by atoms with van der Waals surface area (Å²) in [6, 6.07) is 6.51. The van der Waals surface area contributed by atoms with Crippen molar-refractivity contribution in [2.24, 2.45) is 17.8 Å². The quantitative estimate of drug-likeness (QED) is 0.671. The lowest BCUT2D eigenvalue weighted by molar-refractivity contribution is -0.160. The number of rotatable bonds is 4. The smallest absolute Gasteiger partial charge is 0.338 e. The van der Waals surface area contributed by atoms with Crippen molar-refractivity contribution in [3.05, 3.63) is 42.0 Å². The molecule has 132 valence electrons. The number of benzene rings is 1. The number of ether oxygens (including phenoxy) is 2. The molecule has 1 aliphatic carbocycles. The Balaban J connectivity index is 1.68. The van der Waals surface area contributed by atoms with Gasteiger partial charge in [0.15, 0.2) is 0 Å². The van der Waals surface area contributed by atoms with Crippen molar-refractivity contribution in [2.45, 2.75) is 19.8 Å². The predicted molar refractivity (Wildman–Crippen MR) is 90.8 cm³/mol. The third-order valence-electron chi connectivity index (χ3n) is 4.64. The first kappa shape index (κ1) is 17.2. The van der Waals surface area contributed by atoms with Crippen LogP contribution < -0.4 is 5.32 Å². The molecule has 0 spiro atoms. The predicted octanol–water partition coefficient (Wildman–Crippen LogP) is 2.56. The average Bonchev–Trinajstić information content (AvgIpc) is 2.62. The largest absolute Gasteiger partial charge is 0.465 e. The summed E-state index contributed by atoms with van der Waals surface area (Å²) in [5, 5.41) is 2.83. The molecular formula is C19H21NO5. The number of fused-ring (bicyclic) bond motifs is 1. The van der Waals surface area contributed by atoms with Crippen LogP contribution in [0, 0.1) is 17.8 Å². The summed E-state index contributed by atoms with van der Waals surface area (Å²) in [7, 11) is 0. The van der Waals surface area contributed by atoms with Crippen LogP contribution in [0.4, 0.5) is 5.69 Å². The lowest BCUT2D eigenvalue weighted by Gasteiger charge is -2.35. The molecule has 3 atom stereocenters. The van der Waals surface area contributed by atoms with Gasteiger partial charge in [0.2, 0.25) is 5.91 Å². The van der Waals surface area contributed by atoms with E-state index in [1.54, 1.807) is 31.2 Å². The SMILES string of the molecule is CCOC(=O)c1ccc(NC(=O)[C@@H]2CC=C[C@@H]3CCOC(=O)[C@@H]32)cc1. The molecule has 0 bridgehead atoms. The van der Waals surface area contributed by atoms with E-state index in [-0.39, 0.29) is 17.8 Å². The number of nitrogens with one attached hydrogen (secondary N) is 1. The number of hydrogen-bond acceptors (Lipinski definition) is 5. The van der Waals surface area contributed by atoms with Gasteiger partial charge in [-0.25, -0.2) is 4.79 Å². The van der Waals surface area contributed by atoms with Crippen LogP contribution in [0.25, 0.3) is 0 Å². The summed E-state index contributed by atoms with van der Waals surface area (Å²) in [6.45, 7) is 2.47. The van der Waals surface area contributed by atoms with Gasteiger partial charge in [-0.2, -0.15) is 0 Å². The van der Waals surface area contributed by atoms with E-state index in [9.17, 15) is 14.4 Å². The fourth-order valence-electron chi connectivity index (χ4n) is 3.38. The monoisotopic (exact) mass is 343 g/mol. The first-order valence-electron chi connectivity index (χ1n) is 8.51. The molecule has 0 radical (unpaired) electrons. The molecule has 1 amide bonds. The van der Waals surface area contributed by atoms with Crippen molar-refractivity contribution in [1.82, 2.24) is 0 Å². The number of anilines is 1. The Hall–Kier alpha value is -2.63. The average molecular weight is 343 g/mol. The third-order valence-corrected chi connectivity index (χ3v) is 4.64. The molecule has 6 nitrogen and oxygen atoms in total. The zero-order valence-corrected chi connectivity index (χ0v) is 14.1. The van der Waals surface area contributed by atoms with Gasteiger partial charge in [-0.1, -0.05) is 12.2 Å². The molecule has 0 saturated carbocycles. The number of amides is 1. The summed E-state index contributed by atoms with van der Waals surface area (Å²) >= 11 is 0. The Morgan fingerprint density at radius 3 is 2.76 bits per heavy atom. The molecule has 1 aromatic rings. The van der Waals surface area contributed by atoms with Crippen molar-refractivity contribution >= 4 is 23.5 Å². The topological polar surface area (TPSA) is 81.7 Å². The minimum atomic E-state index is -0.437. The van der Waals surface area contributed by atoms with E-state index in [0.29, 0.717) is 30.9 Å². The molecule has 1 N–H and O–H groups in total. The summed E-state index contributed by atoms with van der Waals surface area (Å²) in [6.07, 6.45) is 5.25. The Morgan fingerprint density at radius 2 is 2.04 bits per heavy atom. The van der Waals surface area contributed by atoms with Crippen molar-refractivity contribution in [3.8, 4) is 0 Å². The lowest BCUT2D eigenvalue weighted by atomic mass is 9.73. The van der Waals surface area contributed by atoms with Crippen LogP contribution in [0.15, 0.2) is 36.4 Å². The first-order valence-corrected chi connectivity index (χ1v) is 8.51. The third kappa shape index (κ3) is 3.73. The fraction of sp³-hybridized carbons (Fsp3) is 0.421. The highest BCUT2D eigenvalue weighted by Gasteiger charge is 2.43. The van der Waals surface area contributed by atoms with Gasteiger partial charge in [0.25, 0.3) is 0 Å². The maximum atomic E-state index is 12.6. The van der Waals surface area contributed by atoms with Crippen LogP contribution in [-0.2, 0) is 19.1 Å². The second kappa shape index (κ2) is 7.51. The molecule has 6 heteroatoms. The van der Waals surface area contributed by atoms with Gasteiger partial charge in [-0.05, 0) is 49.9 Å². The van der Waals surface area contributed by atoms with Gasteiger partial charge in [0, 0.05) is 5.69 Å². The fourth-order valence-corrected chi connectivity index (χ4v) is 3.38. The molecule has 2 aliphatic rings. The zero-order chi connectivity index (χ0) is 17.8. The molecular weight excluding hydrogens is 322 g/mol. The van der Waals surface area contributed by atoms with Crippen molar-refractivity contribution < 1.29 is 23.9 Å². The highest BCUT2D eigenvalue weighted by Crippen LogP contribution is 2.36. The van der Waals surface area contributed by atoms with Gasteiger partial charge in [0.05, 0.1) is 30.6 Å². The van der Waals surface area contributed by atoms with Crippen LogP contribution in [0.5, 0.6) is 0 Å². The molecule has 1 heterocycles. The van der Waals surface area contributed by atoms with Crippen molar-refractivity contribution in [2.75, 3.05) is 18.5 Å². The van der Waals surface area contributed by atoms with Crippen molar-refractivity contribution in [3.63, 3.8) is 0 Å². The van der Waals surface area contributed by atoms with Crippen LogP contribution in [0.2, 0.25) is 0 Å². The Labute approximate surface area is 146 Å². The second-order valence-corrected chi connectivity index (χ2v) is 6.20. The molecule has 1 aromatic carbocycles. The zero-order valence-electron chi connectivity index (χ0n) is 14.1. The summed E-state index contributed by atoms with van der Waals surface area (Å²) in [5.41, 5.74) is 1.00. The molecule has 0 aromatic heterocycles. The molecule has 1 aliphatic heterocycles. The Morgan fingerprint density at radius 1 is 1.28 bits per heavy atom. The van der Waals surface area contributed by atoms with Crippen LogP contribution >= 0.6 is 0 Å². The molecule has 3 rings (SSSR count). The summed E-state index contributed by atoms with van der Waals surface area (Å²) in [4.78, 5) is 36.4. The highest BCUT2D eigenvalue weighted by atomic mass is 16.5. The molecule has 1 fully saturated rings. The molecule has 1 saturated heterocycles. The van der Waals surface area contributed by atoms with Crippen LogP contribution in [0.3, 0.4) is 0 Å². The molecule has 25 heavy (non-hydrogen) atoms. The van der Waals surface area contributed by atoms with Crippen molar-refractivity contribution in [1.29, 1.82) is 0 Å². The van der Waals surface area contributed by atoms with Gasteiger partial charge in [-0.15, -0.1) is 0 Å². The van der Waals surface area contributed by atoms with Crippen LogP contribution in [0.1, 0.15) is 30.1 Å². The number of allylic oxidation sites excluding steroid dienone is 2. The first-order chi connectivity index (χ1) is 12.1. The summed E-state index contributed by atoms with van der Waals surface area (Å²) < 4.78 is 10.1. The number of carbonyl (C=O) groups excluding carboxylic acids is 3. The van der Waals surface area contributed by atoms with Gasteiger partial charge >= 0.3 is 11.9 Å².